The zero-order valence-electron chi connectivity index (χ0n) is 14.4. The summed E-state index contributed by atoms with van der Waals surface area (Å²) in [5, 5.41) is 12.5. The molecule has 7 nitrogen and oxygen atoms in total. The maximum absolute atomic E-state index is 12.0. The first-order valence-electron chi connectivity index (χ1n) is 7.81. The fourth-order valence-corrected chi connectivity index (χ4v) is 2.17. The molecule has 0 heterocycles. The molecule has 26 heavy (non-hydrogen) atoms. The number of amides is 1. The average Bonchev–Trinajstić information content (AvgIpc) is 2.67. The number of benzene rings is 2. The molecule has 0 saturated heterocycles. The van der Waals surface area contributed by atoms with Crippen molar-refractivity contribution in [1.82, 2.24) is 0 Å². The van der Waals surface area contributed by atoms with Crippen molar-refractivity contribution in [2.24, 2.45) is 0 Å². The van der Waals surface area contributed by atoms with Gasteiger partial charge in [-0.25, -0.2) is 9.59 Å². The van der Waals surface area contributed by atoms with Crippen molar-refractivity contribution in [2.45, 2.75) is 13.0 Å². The molecule has 2 aromatic rings. The van der Waals surface area contributed by atoms with Crippen LogP contribution in [0.15, 0.2) is 48.5 Å². The Bertz CT molecular complexity index is 803. The summed E-state index contributed by atoms with van der Waals surface area (Å²) in [4.78, 5) is 35.4. The van der Waals surface area contributed by atoms with E-state index in [-0.39, 0.29) is 5.56 Å². The van der Waals surface area contributed by atoms with E-state index in [1.54, 1.807) is 49.4 Å². The van der Waals surface area contributed by atoms with E-state index in [0.717, 1.165) is 5.56 Å². The van der Waals surface area contributed by atoms with Gasteiger partial charge in [0.25, 0.3) is 5.91 Å². The highest BCUT2D eigenvalue weighted by Gasteiger charge is 2.20. The number of aliphatic hydroxyl groups is 1. The number of nitrogens with one attached hydrogen (secondary N) is 1. The van der Waals surface area contributed by atoms with E-state index < -0.39 is 30.6 Å². The van der Waals surface area contributed by atoms with Crippen LogP contribution in [0.25, 0.3) is 0 Å². The maximum Gasteiger partial charge on any atom is 0.340 e. The predicted molar refractivity (Wildman–Crippen MR) is 93.5 cm³/mol. The van der Waals surface area contributed by atoms with Crippen LogP contribution in [0.3, 0.4) is 0 Å². The van der Waals surface area contributed by atoms with E-state index in [0.29, 0.717) is 11.3 Å². The summed E-state index contributed by atoms with van der Waals surface area (Å²) in [7, 11) is 1.26. The number of carbonyl (C=O) groups is 3. The van der Waals surface area contributed by atoms with Gasteiger partial charge in [-0.15, -0.1) is 0 Å². The molecule has 0 unspecified atom stereocenters. The fraction of sp³-hybridized carbons (Fsp3) is 0.211. The predicted octanol–water partition coefficient (Wildman–Crippen LogP) is 2.00. The van der Waals surface area contributed by atoms with Gasteiger partial charge in [-0.1, -0.05) is 36.4 Å². The Morgan fingerprint density at radius 3 is 2.46 bits per heavy atom. The van der Waals surface area contributed by atoms with Crippen molar-refractivity contribution >= 4 is 23.5 Å². The molecule has 7 heteroatoms. The summed E-state index contributed by atoms with van der Waals surface area (Å²) in [5.74, 6) is -2.05. The largest absolute Gasteiger partial charge is 0.465 e. The van der Waals surface area contributed by atoms with E-state index in [1.807, 2.05) is 0 Å². The lowest BCUT2D eigenvalue weighted by atomic mass is 10.1. The van der Waals surface area contributed by atoms with Crippen LogP contribution in [0.2, 0.25) is 0 Å². The standard InChI is InChI=1S/C19H19NO6/c1-12-8-9-14(18(23)25-2)10-15(12)20-16(21)11-26-19(24)17(22)13-6-4-3-5-7-13/h3-10,17,22H,11H2,1-2H3,(H,20,21)/t17-/m1/s1. The number of anilines is 1. The lowest BCUT2D eigenvalue weighted by Gasteiger charge is -2.12. The van der Waals surface area contributed by atoms with Gasteiger partial charge in [0.15, 0.2) is 12.7 Å². The zero-order valence-corrected chi connectivity index (χ0v) is 14.4. The van der Waals surface area contributed by atoms with Gasteiger partial charge in [0.1, 0.15) is 0 Å². The Labute approximate surface area is 150 Å². The van der Waals surface area contributed by atoms with E-state index >= 15 is 0 Å². The van der Waals surface area contributed by atoms with E-state index in [2.05, 4.69) is 10.1 Å². The summed E-state index contributed by atoms with van der Waals surface area (Å²) < 4.78 is 9.47. The number of hydrogen-bond donors (Lipinski definition) is 2. The van der Waals surface area contributed by atoms with Crippen LogP contribution in [0.1, 0.15) is 27.6 Å². The van der Waals surface area contributed by atoms with Crippen LogP contribution >= 0.6 is 0 Å². The molecule has 0 fully saturated rings. The van der Waals surface area contributed by atoms with Crippen LogP contribution < -0.4 is 5.32 Å². The lowest BCUT2D eigenvalue weighted by Crippen LogP contribution is -2.24. The molecule has 2 rings (SSSR count). The van der Waals surface area contributed by atoms with Crippen LogP contribution in [-0.4, -0.2) is 36.7 Å². The zero-order chi connectivity index (χ0) is 19.1. The van der Waals surface area contributed by atoms with Crippen molar-refractivity contribution in [3.63, 3.8) is 0 Å². The second-order valence-electron chi connectivity index (χ2n) is 5.49. The van der Waals surface area contributed by atoms with Gasteiger partial charge in [-0.2, -0.15) is 0 Å². The number of esters is 2. The molecule has 1 atom stereocenters. The van der Waals surface area contributed by atoms with E-state index in [4.69, 9.17) is 4.74 Å². The third kappa shape index (κ3) is 4.90. The molecule has 0 bridgehead atoms. The van der Waals surface area contributed by atoms with Crippen molar-refractivity contribution in [3.8, 4) is 0 Å². The van der Waals surface area contributed by atoms with Crippen LogP contribution in [0, 0.1) is 6.92 Å². The molecule has 0 radical (unpaired) electrons. The number of carbonyl (C=O) groups excluding carboxylic acids is 3. The normalized spacial score (nSPS) is 11.3. The average molecular weight is 357 g/mol. The number of rotatable bonds is 6. The molecular formula is C19H19NO6. The van der Waals surface area contributed by atoms with Gasteiger partial charge in [-0.3, -0.25) is 4.79 Å². The number of aliphatic hydroxyl groups excluding tert-OH is 1. The molecule has 0 aliphatic heterocycles. The lowest BCUT2D eigenvalue weighted by molar-refractivity contribution is -0.156. The molecule has 136 valence electrons. The highest BCUT2D eigenvalue weighted by Crippen LogP contribution is 2.18. The van der Waals surface area contributed by atoms with Crippen molar-refractivity contribution in [1.29, 1.82) is 0 Å². The maximum atomic E-state index is 12.0. The second kappa shape index (κ2) is 8.77. The van der Waals surface area contributed by atoms with Gasteiger partial charge in [0, 0.05) is 5.69 Å². The van der Waals surface area contributed by atoms with Gasteiger partial charge in [0.2, 0.25) is 0 Å². The molecule has 2 N–H and O–H groups in total. The molecule has 0 saturated carbocycles. The van der Waals surface area contributed by atoms with Gasteiger partial charge in [-0.05, 0) is 30.2 Å². The smallest absolute Gasteiger partial charge is 0.340 e. The summed E-state index contributed by atoms with van der Waals surface area (Å²) in [6.07, 6.45) is -1.46. The van der Waals surface area contributed by atoms with Crippen molar-refractivity contribution < 1.29 is 29.0 Å². The summed E-state index contributed by atoms with van der Waals surface area (Å²) in [6, 6.07) is 13.0. The van der Waals surface area contributed by atoms with E-state index in [9.17, 15) is 19.5 Å². The minimum Gasteiger partial charge on any atom is -0.465 e. The minimum atomic E-state index is -1.46. The Morgan fingerprint density at radius 1 is 1.12 bits per heavy atom. The molecular weight excluding hydrogens is 338 g/mol. The second-order valence-corrected chi connectivity index (χ2v) is 5.49. The topological polar surface area (TPSA) is 102 Å². The highest BCUT2D eigenvalue weighted by molar-refractivity contribution is 5.96. The van der Waals surface area contributed by atoms with Crippen LogP contribution in [-0.2, 0) is 19.1 Å². The first-order chi connectivity index (χ1) is 12.4. The van der Waals surface area contributed by atoms with Gasteiger partial charge >= 0.3 is 11.9 Å². The molecule has 1 amide bonds. The van der Waals surface area contributed by atoms with Crippen molar-refractivity contribution in [3.05, 3.63) is 65.2 Å². The van der Waals surface area contributed by atoms with Crippen molar-refractivity contribution in [2.75, 3.05) is 19.0 Å². The number of hydrogen-bond acceptors (Lipinski definition) is 6. The van der Waals surface area contributed by atoms with Gasteiger partial charge in [0.05, 0.1) is 12.7 Å². The Kier molecular flexibility index (Phi) is 6.46. The highest BCUT2D eigenvalue weighted by atomic mass is 16.5. The monoisotopic (exact) mass is 357 g/mol. The first kappa shape index (κ1) is 19.1. The molecule has 2 aromatic carbocycles. The quantitative estimate of drug-likeness (QED) is 0.767. The summed E-state index contributed by atoms with van der Waals surface area (Å²) in [5.41, 5.74) is 1.78. The third-order valence-electron chi connectivity index (χ3n) is 3.62. The molecule has 0 aromatic heterocycles. The Balaban J connectivity index is 1.95. The van der Waals surface area contributed by atoms with E-state index in [1.165, 1.54) is 13.2 Å². The summed E-state index contributed by atoms with van der Waals surface area (Å²) in [6.45, 7) is 1.19. The summed E-state index contributed by atoms with van der Waals surface area (Å²) >= 11 is 0. The molecule has 0 spiro atoms. The molecule has 0 aliphatic rings. The SMILES string of the molecule is COC(=O)c1ccc(C)c(NC(=O)COC(=O)[C@H](O)c2ccccc2)c1. The first-order valence-corrected chi connectivity index (χ1v) is 7.81. The Morgan fingerprint density at radius 2 is 1.81 bits per heavy atom. The third-order valence-corrected chi connectivity index (χ3v) is 3.62. The number of methoxy groups -OCH3 is 1. The van der Waals surface area contributed by atoms with Crippen LogP contribution in [0.4, 0.5) is 5.69 Å². The minimum absolute atomic E-state index is 0.282. The van der Waals surface area contributed by atoms with Gasteiger partial charge < -0.3 is 19.9 Å². The van der Waals surface area contributed by atoms with Crippen LogP contribution in [0.5, 0.6) is 0 Å². The molecule has 0 aliphatic carbocycles. The Hall–Kier alpha value is -3.19. The fourth-order valence-electron chi connectivity index (χ4n) is 2.17. The number of ether oxygens (including phenoxy) is 2. The number of aryl methyl sites for hydroxylation is 1.